The van der Waals surface area contributed by atoms with Gasteiger partial charge in [-0.2, -0.15) is 0 Å². The first-order chi connectivity index (χ1) is 11.4. The van der Waals surface area contributed by atoms with Gasteiger partial charge in [0.25, 0.3) is 5.22 Å². The quantitative estimate of drug-likeness (QED) is 0.649. The maximum Gasteiger partial charge on any atom is 0.306 e. The minimum Gasteiger partial charge on any atom is -0.412 e. The molecule has 0 unspecified atom stereocenters. The van der Waals surface area contributed by atoms with Crippen LogP contribution in [0.5, 0.6) is 0 Å². The molecule has 7 nitrogen and oxygen atoms in total. The molecule has 24 heavy (non-hydrogen) atoms. The maximum absolute atomic E-state index is 11.9. The summed E-state index contributed by atoms with van der Waals surface area (Å²) in [6, 6.07) is 9.40. The number of nitrogens with zero attached hydrogens (tertiary/aromatic N) is 4. The fraction of sp³-hybridized carbons (Fsp3) is 0.312. The first-order valence-electron chi connectivity index (χ1n) is 7.32. The van der Waals surface area contributed by atoms with E-state index in [-0.39, 0.29) is 23.3 Å². The lowest BCUT2D eigenvalue weighted by Gasteiger charge is -2.14. The number of Topliss-reactive ketones (excluding diaryl/α,β-unsaturated/α-hetero) is 1. The smallest absolute Gasteiger partial charge is 0.306 e. The predicted molar refractivity (Wildman–Crippen MR) is 88.2 cm³/mol. The molecule has 8 heteroatoms. The second-order valence-electron chi connectivity index (χ2n) is 6.11. The number of aromatic nitrogens is 4. The summed E-state index contributed by atoms with van der Waals surface area (Å²) in [5.41, 5.74) is 0.411. The molecule has 0 N–H and O–H groups in total. The van der Waals surface area contributed by atoms with Crippen LogP contribution in [0.25, 0.3) is 23.2 Å². The summed E-state index contributed by atoms with van der Waals surface area (Å²) in [5, 5.41) is 16.0. The Balaban J connectivity index is 1.70. The van der Waals surface area contributed by atoms with Crippen molar-refractivity contribution in [2.75, 3.05) is 5.75 Å². The van der Waals surface area contributed by atoms with Crippen LogP contribution in [0.1, 0.15) is 20.8 Å². The van der Waals surface area contributed by atoms with E-state index >= 15 is 0 Å². The first-order valence-corrected chi connectivity index (χ1v) is 8.31. The van der Waals surface area contributed by atoms with Crippen LogP contribution in [-0.4, -0.2) is 31.9 Å². The summed E-state index contributed by atoms with van der Waals surface area (Å²) in [4.78, 5) is 11.9. The first kappa shape index (κ1) is 16.4. The van der Waals surface area contributed by atoms with Crippen LogP contribution in [0.4, 0.5) is 0 Å². The third-order valence-electron chi connectivity index (χ3n) is 3.20. The van der Waals surface area contributed by atoms with E-state index in [9.17, 15) is 4.79 Å². The SMILES string of the molecule is CC(C)(C)C(=O)CSc1nnc(-c2nnc(-c3ccccc3)o2)o1. The number of carbonyl (C=O) groups excluding carboxylic acids is 1. The van der Waals surface area contributed by atoms with Crippen LogP contribution >= 0.6 is 11.8 Å². The van der Waals surface area contributed by atoms with Crippen molar-refractivity contribution in [3.8, 4) is 23.2 Å². The highest BCUT2D eigenvalue weighted by atomic mass is 32.2. The zero-order valence-electron chi connectivity index (χ0n) is 13.5. The van der Waals surface area contributed by atoms with Gasteiger partial charge in [-0.15, -0.1) is 20.4 Å². The van der Waals surface area contributed by atoms with E-state index in [0.717, 1.165) is 5.56 Å². The molecule has 124 valence electrons. The molecule has 0 radical (unpaired) electrons. The van der Waals surface area contributed by atoms with Gasteiger partial charge in [-0.1, -0.05) is 50.7 Å². The highest BCUT2D eigenvalue weighted by Crippen LogP contribution is 2.27. The molecule has 0 saturated carbocycles. The monoisotopic (exact) mass is 344 g/mol. The Morgan fingerprint density at radius 2 is 1.58 bits per heavy atom. The molecule has 2 heterocycles. The maximum atomic E-state index is 11.9. The van der Waals surface area contributed by atoms with E-state index in [4.69, 9.17) is 8.83 Å². The lowest BCUT2D eigenvalue weighted by Crippen LogP contribution is -2.21. The van der Waals surface area contributed by atoms with Crippen molar-refractivity contribution in [2.24, 2.45) is 5.41 Å². The Hall–Kier alpha value is -2.48. The van der Waals surface area contributed by atoms with Crippen molar-refractivity contribution in [1.29, 1.82) is 0 Å². The van der Waals surface area contributed by atoms with Crippen LogP contribution in [0, 0.1) is 5.41 Å². The number of hydrogen-bond donors (Lipinski definition) is 0. The lowest BCUT2D eigenvalue weighted by atomic mass is 9.92. The number of carbonyl (C=O) groups is 1. The van der Waals surface area contributed by atoms with Crippen molar-refractivity contribution in [3.63, 3.8) is 0 Å². The van der Waals surface area contributed by atoms with E-state index < -0.39 is 5.41 Å². The van der Waals surface area contributed by atoms with Gasteiger partial charge in [0, 0.05) is 11.0 Å². The van der Waals surface area contributed by atoms with Gasteiger partial charge in [0.05, 0.1) is 5.75 Å². The second kappa shape index (κ2) is 6.56. The highest BCUT2D eigenvalue weighted by Gasteiger charge is 2.23. The Morgan fingerprint density at radius 1 is 0.958 bits per heavy atom. The topological polar surface area (TPSA) is 94.9 Å². The summed E-state index contributed by atoms with van der Waals surface area (Å²) in [5.74, 6) is 1.03. The molecule has 0 spiro atoms. The van der Waals surface area contributed by atoms with Gasteiger partial charge >= 0.3 is 11.8 Å². The minimum absolute atomic E-state index is 0.108. The summed E-state index contributed by atoms with van der Waals surface area (Å²) in [6.07, 6.45) is 0. The summed E-state index contributed by atoms with van der Waals surface area (Å²) in [7, 11) is 0. The standard InChI is InChI=1S/C16H16N4O3S/c1-16(2,3)11(21)9-24-15-20-19-14(23-15)13-18-17-12(22-13)10-7-5-4-6-8-10/h4-8H,9H2,1-3H3. The van der Waals surface area contributed by atoms with Crippen molar-refractivity contribution in [2.45, 2.75) is 26.0 Å². The zero-order chi connectivity index (χ0) is 17.2. The molecule has 0 amide bonds. The molecule has 0 aliphatic heterocycles. The number of rotatable bonds is 5. The normalized spacial score (nSPS) is 11.6. The number of hydrogen-bond acceptors (Lipinski definition) is 8. The van der Waals surface area contributed by atoms with E-state index in [1.165, 1.54) is 11.8 Å². The molecule has 0 aliphatic carbocycles. The molecule has 0 fully saturated rings. The Morgan fingerprint density at radius 3 is 2.29 bits per heavy atom. The predicted octanol–water partition coefficient (Wildman–Crippen LogP) is 3.49. The molecule has 0 atom stereocenters. The molecular formula is C16H16N4O3S. The van der Waals surface area contributed by atoms with Crippen LogP contribution in [0.15, 0.2) is 44.4 Å². The Kier molecular flexibility index (Phi) is 4.48. The lowest BCUT2D eigenvalue weighted by molar-refractivity contribution is -0.123. The van der Waals surface area contributed by atoms with Gasteiger partial charge in [-0.3, -0.25) is 4.79 Å². The van der Waals surface area contributed by atoms with Gasteiger partial charge in [0.1, 0.15) is 5.78 Å². The molecule has 2 aromatic heterocycles. The average molecular weight is 344 g/mol. The van der Waals surface area contributed by atoms with Crippen LogP contribution in [0.3, 0.4) is 0 Å². The van der Waals surface area contributed by atoms with Crippen LogP contribution < -0.4 is 0 Å². The van der Waals surface area contributed by atoms with E-state index in [2.05, 4.69) is 20.4 Å². The minimum atomic E-state index is -0.396. The van der Waals surface area contributed by atoms with Crippen LogP contribution in [-0.2, 0) is 4.79 Å². The molecule has 3 aromatic rings. The molecule has 3 rings (SSSR count). The molecule has 0 aliphatic rings. The fourth-order valence-electron chi connectivity index (χ4n) is 1.71. The van der Waals surface area contributed by atoms with E-state index in [0.29, 0.717) is 11.1 Å². The van der Waals surface area contributed by atoms with E-state index in [1.54, 1.807) is 0 Å². The zero-order valence-corrected chi connectivity index (χ0v) is 14.3. The number of ketones is 1. The fourth-order valence-corrected chi connectivity index (χ4v) is 2.63. The Labute approximate surface area is 142 Å². The summed E-state index contributed by atoms with van der Waals surface area (Å²) >= 11 is 1.19. The van der Waals surface area contributed by atoms with E-state index in [1.807, 2.05) is 51.1 Å². The van der Waals surface area contributed by atoms with Crippen molar-refractivity contribution in [3.05, 3.63) is 30.3 Å². The van der Waals surface area contributed by atoms with Gasteiger partial charge in [-0.25, -0.2) is 0 Å². The van der Waals surface area contributed by atoms with Crippen LogP contribution in [0.2, 0.25) is 0 Å². The second-order valence-corrected chi connectivity index (χ2v) is 7.04. The summed E-state index contributed by atoms with van der Waals surface area (Å²) in [6.45, 7) is 5.62. The molecular weight excluding hydrogens is 328 g/mol. The van der Waals surface area contributed by atoms with Gasteiger partial charge in [-0.05, 0) is 12.1 Å². The summed E-state index contributed by atoms with van der Waals surface area (Å²) < 4.78 is 11.0. The number of benzene rings is 1. The molecule has 0 bridgehead atoms. The van der Waals surface area contributed by atoms with Crippen molar-refractivity contribution >= 4 is 17.5 Å². The third kappa shape index (κ3) is 3.70. The molecule has 0 saturated heterocycles. The largest absolute Gasteiger partial charge is 0.412 e. The average Bonchev–Trinajstić information content (AvgIpc) is 3.21. The molecule has 1 aromatic carbocycles. The van der Waals surface area contributed by atoms with Crippen molar-refractivity contribution in [1.82, 2.24) is 20.4 Å². The van der Waals surface area contributed by atoms with Gasteiger partial charge in [0.15, 0.2) is 0 Å². The number of thioether (sulfide) groups is 1. The van der Waals surface area contributed by atoms with Crippen molar-refractivity contribution < 1.29 is 13.6 Å². The Bertz CT molecular complexity index is 836. The van der Waals surface area contributed by atoms with Gasteiger partial charge < -0.3 is 8.83 Å². The van der Waals surface area contributed by atoms with Gasteiger partial charge in [0.2, 0.25) is 5.89 Å². The third-order valence-corrected chi connectivity index (χ3v) is 4.02. The highest BCUT2D eigenvalue weighted by molar-refractivity contribution is 7.99.